The number of carbonyl (C=O) groups is 2. The molecule has 8 heteroatoms. The van der Waals surface area contributed by atoms with Gasteiger partial charge in [-0.1, -0.05) is 30.3 Å². The molecule has 2 bridgehead atoms. The van der Waals surface area contributed by atoms with E-state index in [2.05, 4.69) is 52.0 Å². The maximum absolute atomic E-state index is 14.6. The highest BCUT2D eigenvalue weighted by Crippen LogP contribution is 2.45. The lowest BCUT2D eigenvalue weighted by Gasteiger charge is -2.45. The Balaban J connectivity index is 1.07. The lowest BCUT2D eigenvalue weighted by Crippen LogP contribution is -2.49. The lowest BCUT2D eigenvalue weighted by molar-refractivity contribution is 0.0606. The van der Waals surface area contributed by atoms with Crippen molar-refractivity contribution in [3.8, 4) is 0 Å². The van der Waals surface area contributed by atoms with E-state index in [0.717, 1.165) is 55.6 Å². The normalized spacial score (nSPS) is 22.9. The van der Waals surface area contributed by atoms with Gasteiger partial charge in [-0.15, -0.1) is 0 Å². The van der Waals surface area contributed by atoms with Crippen LogP contribution in [-0.4, -0.2) is 69.9 Å². The molecular formula is C37H42FN5O2. The standard InChI is InChI=1S/C37H42FN5O2/c1-25-40-33-11-3-4-12-34(33)43(25)32-23-30-13-14-31(24-32)42(30)20-17-37(28-9-6-10-29(38)22-28)15-18-41(19-16-37)36(45)27-8-5-7-26(21-27)35(44)39-2/h3-12,21-22,30-32H,13-20,23-24H2,1-2H3,(H,39,44)/t30-,31+,32?. The van der Waals surface area contributed by atoms with Crippen molar-refractivity contribution in [3.63, 3.8) is 0 Å². The van der Waals surface area contributed by atoms with E-state index in [1.54, 1.807) is 37.4 Å². The zero-order valence-corrected chi connectivity index (χ0v) is 26.2. The van der Waals surface area contributed by atoms with Crippen molar-refractivity contribution in [3.05, 3.63) is 101 Å². The van der Waals surface area contributed by atoms with Crippen molar-refractivity contribution in [1.82, 2.24) is 24.7 Å². The smallest absolute Gasteiger partial charge is 0.253 e. The van der Waals surface area contributed by atoms with E-state index in [9.17, 15) is 14.0 Å². The Bertz CT molecular complexity index is 1710. The number of likely N-dealkylation sites (tertiary alicyclic amines) is 1. The molecule has 1 unspecified atom stereocenters. The van der Waals surface area contributed by atoms with Gasteiger partial charge in [0, 0.05) is 49.4 Å². The molecule has 2 amide bonds. The SMILES string of the molecule is CNC(=O)c1cccc(C(=O)N2CCC(CCN3[C@@H]4CC[C@H]3CC(n3c(C)nc5ccccc53)C4)(c3cccc(F)c3)CC2)c1. The average molecular weight is 608 g/mol. The fourth-order valence-corrected chi connectivity index (χ4v) is 8.55. The van der Waals surface area contributed by atoms with Gasteiger partial charge in [-0.3, -0.25) is 14.5 Å². The molecule has 0 aliphatic carbocycles. The van der Waals surface area contributed by atoms with Crippen LogP contribution in [0.5, 0.6) is 0 Å². The number of nitrogens with zero attached hydrogens (tertiary/aromatic N) is 4. The van der Waals surface area contributed by atoms with Crippen LogP contribution in [0.2, 0.25) is 0 Å². The quantitative estimate of drug-likeness (QED) is 0.269. The molecule has 45 heavy (non-hydrogen) atoms. The molecule has 4 heterocycles. The van der Waals surface area contributed by atoms with Gasteiger partial charge in [0.2, 0.25) is 0 Å². The number of aryl methyl sites for hydroxylation is 1. The summed E-state index contributed by atoms with van der Waals surface area (Å²) in [5, 5.41) is 2.63. The van der Waals surface area contributed by atoms with Crippen molar-refractivity contribution in [2.24, 2.45) is 0 Å². The highest BCUT2D eigenvalue weighted by molar-refractivity contribution is 5.99. The molecule has 3 atom stereocenters. The highest BCUT2D eigenvalue weighted by Gasteiger charge is 2.44. The van der Waals surface area contributed by atoms with Gasteiger partial charge in [0.15, 0.2) is 0 Å². The van der Waals surface area contributed by atoms with Crippen molar-refractivity contribution >= 4 is 22.8 Å². The summed E-state index contributed by atoms with van der Waals surface area (Å²) in [6.45, 7) is 4.31. The molecule has 3 fully saturated rings. The summed E-state index contributed by atoms with van der Waals surface area (Å²) in [7, 11) is 1.59. The number of aromatic nitrogens is 2. The van der Waals surface area contributed by atoms with Crippen LogP contribution < -0.4 is 5.32 Å². The van der Waals surface area contributed by atoms with E-state index in [1.165, 1.54) is 24.4 Å². The van der Waals surface area contributed by atoms with Crippen molar-refractivity contribution in [1.29, 1.82) is 0 Å². The average Bonchev–Trinajstić information content (AvgIpc) is 3.53. The first kappa shape index (κ1) is 29.7. The number of rotatable bonds is 7. The minimum absolute atomic E-state index is 0.0592. The minimum atomic E-state index is -0.208. The lowest BCUT2D eigenvalue weighted by atomic mass is 9.70. The van der Waals surface area contributed by atoms with Gasteiger partial charge in [0.05, 0.1) is 11.0 Å². The fourth-order valence-electron chi connectivity index (χ4n) is 8.55. The van der Waals surface area contributed by atoms with E-state index in [-0.39, 0.29) is 23.0 Å². The number of carbonyl (C=O) groups excluding carboxylic acids is 2. The van der Waals surface area contributed by atoms with E-state index in [4.69, 9.17) is 4.98 Å². The van der Waals surface area contributed by atoms with Gasteiger partial charge in [0.25, 0.3) is 11.8 Å². The molecule has 0 radical (unpaired) electrons. The van der Waals surface area contributed by atoms with Crippen LogP contribution in [0.15, 0.2) is 72.8 Å². The third kappa shape index (κ3) is 5.54. The predicted molar refractivity (Wildman–Crippen MR) is 174 cm³/mol. The molecule has 3 aromatic carbocycles. The number of benzene rings is 3. The van der Waals surface area contributed by atoms with Crippen LogP contribution in [0, 0.1) is 12.7 Å². The molecule has 0 spiro atoms. The monoisotopic (exact) mass is 607 g/mol. The summed E-state index contributed by atoms with van der Waals surface area (Å²) in [5.74, 6) is 0.622. The van der Waals surface area contributed by atoms with Crippen molar-refractivity contribution < 1.29 is 14.0 Å². The predicted octanol–water partition coefficient (Wildman–Crippen LogP) is 6.28. The number of nitrogens with one attached hydrogen (secondary N) is 1. The summed E-state index contributed by atoms with van der Waals surface area (Å²) >= 11 is 0. The van der Waals surface area contributed by atoms with E-state index in [1.807, 2.05) is 11.0 Å². The molecule has 0 saturated carbocycles. The molecular weight excluding hydrogens is 565 g/mol. The number of fused-ring (bicyclic) bond motifs is 3. The molecule has 3 aliphatic rings. The van der Waals surface area contributed by atoms with Gasteiger partial charge >= 0.3 is 0 Å². The maximum atomic E-state index is 14.6. The second kappa shape index (κ2) is 12.0. The topological polar surface area (TPSA) is 70.5 Å². The highest BCUT2D eigenvalue weighted by atomic mass is 19.1. The molecule has 4 aromatic rings. The van der Waals surface area contributed by atoms with Gasteiger partial charge < -0.3 is 14.8 Å². The second-order valence-electron chi connectivity index (χ2n) is 13.3. The van der Waals surface area contributed by atoms with Crippen LogP contribution in [0.3, 0.4) is 0 Å². The Kier molecular flexibility index (Phi) is 7.94. The zero-order chi connectivity index (χ0) is 31.1. The summed E-state index contributed by atoms with van der Waals surface area (Å²) < 4.78 is 17.1. The number of halogens is 1. The van der Waals surface area contributed by atoms with E-state index < -0.39 is 0 Å². The van der Waals surface area contributed by atoms with Crippen LogP contribution in [-0.2, 0) is 5.41 Å². The third-order valence-corrected chi connectivity index (χ3v) is 10.9. The Hall–Kier alpha value is -4.04. The number of hydrogen-bond acceptors (Lipinski definition) is 4. The fraction of sp³-hybridized carbons (Fsp3) is 0.432. The number of piperidine rings is 2. The van der Waals surface area contributed by atoms with Crippen molar-refractivity contribution in [2.45, 2.75) is 75.4 Å². The maximum Gasteiger partial charge on any atom is 0.253 e. The van der Waals surface area contributed by atoms with Crippen LogP contribution in [0.1, 0.15) is 83.1 Å². The van der Waals surface area contributed by atoms with E-state index in [0.29, 0.717) is 42.3 Å². The number of amides is 2. The number of imidazole rings is 1. The first-order valence-electron chi connectivity index (χ1n) is 16.4. The first-order valence-corrected chi connectivity index (χ1v) is 16.4. The summed E-state index contributed by atoms with van der Waals surface area (Å²) in [5.41, 5.74) is 4.15. The molecule has 7 nitrogen and oxygen atoms in total. The number of para-hydroxylation sites is 2. The van der Waals surface area contributed by atoms with Gasteiger partial charge in [-0.25, -0.2) is 9.37 Å². The van der Waals surface area contributed by atoms with Crippen LogP contribution >= 0.6 is 0 Å². The Morgan fingerprint density at radius 3 is 2.36 bits per heavy atom. The summed E-state index contributed by atoms with van der Waals surface area (Å²) in [4.78, 5) is 35.2. The summed E-state index contributed by atoms with van der Waals surface area (Å²) in [6, 6.07) is 24.0. The van der Waals surface area contributed by atoms with Crippen LogP contribution in [0.25, 0.3) is 11.0 Å². The Morgan fingerprint density at radius 1 is 0.911 bits per heavy atom. The zero-order valence-electron chi connectivity index (χ0n) is 26.2. The van der Waals surface area contributed by atoms with Gasteiger partial charge in [-0.2, -0.15) is 0 Å². The van der Waals surface area contributed by atoms with Gasteiger partial charge in [0.1, 0.15) is 11.6 Å². The van der Waals surface area contributed by atoms with Crippen molar-refractivity contribution in [2.75, 3.05) is 26.7 Å². The first-order chi connectivity index (χ1) is 21.8. The molecule has 3 saturated heterocycles. The molecule has 234 valence electrons. The minimum Gasteiger partial charge on any atom is -0.355 e. The second-order valence-corrected chi connectivity index (χ2v) is 13.3. The summed E-state index contributed by atoms with van der Waals surface area (Å²) in [6.07, 6.45) is 7.20. The largest absolute Gasteiger partial charge is 0.355 e. The van der Waals surface area contributed by atoms with E-state index >= 15 is 0 Å². The van der Waals surface area contributed by atoms with Gasteiger partial charge in [-0.05, 0) is 112 Å². The molecule has 7 rings (SSSR count). The third-order valence-electron chi connectivity index (χ3n) is 10.9. The molecule has 3 aliphatic heterocycles. The number of hydrogen-bond donors (Lipinski definition) is 1. The molecule has 1 aromatic heterocycles. The Labute approximate surface area is 264 Å². The van der Waals surface area contributed by atoms with Crippen LogP contribution in [0.4, 0.5) is 4.39 Å². The molecule has 1 N–H and O–H groups in total. The Morgan fingerprint density at radius 2 is 1.62 bits per heavy atom.